The standard InChI is InChI=1S/C15H19ClN4O2/c1-17-13-14(16)18-9-19-15(13)20-7-3-4-11(20)12-6-5-10(22-12)8-21-2/h5-6,9,11,17H,3-4,7-8H2,1-2H3. The fraction of sp³-hybridized carbons (Fsp3) is 0.467. The number of aromatic nitrogens is 2. The predicted octanol–water partition coefficient (Wildman–Crippen LogP) is 3.25. The zero-order valence-electron chi connectivity index (χ0n) is 12.7. The van der Waals surface area contributed by atoms with E-state index in [1.807, 2.05) is 19.2 Å². The van der Waals surface area contributed by atoms with Crippen molar-refractivity contribution in [2.75, 3.05) is 30.9 Å². The van der Waals surface area contributed by atoms with Gasteiger partial charge in [-0.05, 0) is 25.0 Å². The molecule has 22 heavy (non-hydrogen) atoms. The summed E-state index contributed by atoms with van der Waals surface area (Å²) in [5.74, 6) is 2.58. The second-order valence-corrected chi connectivity index (χ2v) is 5.56. The van der Waals surface area contributed by atoms with E-state index in [4.69, 9.17) is 20.8 Å². The van der Waals surface area contributed by atoms with Gasteiger partial charge in [0.05, 0.1) is 6.04 Å². The molecule has 118 valence electrons. The lowest BCUT2D eigenvalue weighted by Gasteiger charge is -2.26. The Labute approximate surface area is 134 Å². The van der Waals surface area contributed by atoms with Crippen molar-refractivity contribution in [2.45, 2.75) is 25.5 Å². The second kappa shape index (κ2) is 6.54. The molecule has 0 aromatic carbocycles. The average Bonchev–Trinajstić information content (AvgIpc) is 3.15. The third-order valence-electron chi connectivity index (χ3n) is 3.85. The molecular weight excluding hydrogens is 304 g/mol. The van der Waals surface area contributed by atoms with Crippen LogP contribution in [0.5, 0.6) is 0 Å². The number of nitrogens with one attached hydrogen (secondary N) is 1. The summed E-state index contributed by atoms with van der Waals surface area (Å²) in [6.07, 6.45) is 3.59. The summed E-state index contributed by atoms with van der Waals surface area (Å²) < 4.78 is 11.0. The van der Waals surface area contributed by atoms with Crippen molar-refractivity contribution >= 4 is 23.1 Å². The molecule has 3 rings (SSSR count). The Morgan fingerprint density at radius 1 is 1.45 bits per heavy atom. The van der Waals surface area contributed by atoms with Crippen LogP contribution in [0.2, 0.25) is 5.15 Å². The van der Waals surface area contributed by atoms with Crippen molar-refractivity contribution in [3.63, 3.8) is 0 Å². The predicted molar refractivity (Wildman–Crippen MR) is 85.3 cm³/mol. The zero-order valence-corrected chi connectivity index (χ0v) is 13.4. The van der Waals surface area contributed by atoms with Gasteiger partial charge in [0, 0.05) is 20.7 Å². The number of hydrogen-bond donors (Lipinski definition) is 1. The second-order valence-electron chi connectivity index (χ2n) is 5.20. The van der Waals surface area contributed by atoms with Gasteiger partial charge in [0.1, 0.15) is 30.1 Å². The third kappa shape index (κ3) is 2.76. The van der Waals surface area contributed by atoms with Crippen LogP contribution in [0.1, 0.15) is 30.4 Å². The molecule has 1 aliphatic heterocycles. The van der Waals surface area contributed by atoms with Gasteiger partial charge in [0.15, 0.2) is 11.0 Å². The van der Waals surface area contributed by atoms with Gasteiger partial charge in [-0.25, -0.2) is 9.97 Å². The minimum atomic E-state index is 0.156. The number of anilines is 2. The van der Waals surface area contributed by atoms with Crippen LogP contribution in [-0.2, 0) is 11.3 Å². The number of methoxy groups -OCH3 is 1. The summed E-state index contributed by atoms with van der Waals surface area (Å²) >= 11 is 6.17. The molecule has 1 atom stereocenters. The molecule has 2 aromatic rings. The lowest BCUT2D eigenvalue weighted by molar-refractivity contribution is 0.162. The molecule has 6 nitrogen and oxygen atoms in total. The Bertz CT molecular complexity index is 646. The molecule has 0 spiro atoms. The average molecular weight is 323 g/mol. The van der Waals surface area contributed by atoms with Crippen LogP contribution >= 0.6 is 11.6 Å². The van der Waals surface area contributed by atoms with E-state index in [1.54, 1.807) is 7.11 Å². The first-order valence-electron chi connectivity index (χ1n) is 7.27. The van der Waals surface area contributed by atoms with Crippen LogP contribution < -0.4 is 10.2 Å². The molecule has 3 heterocycles. The number of nitrogens with zero attached hydrogens (tertiary/aromatic N) is 3. The summed E-state index contributed by atoms with van der Waals surface area (Å²) in [5.41, 5.74) is 0.750. The van der Waals surface area contributed by atoms with Crippen molar-refractivity contribution in [1.29, 1.82) is 0 Å². The van der Waals surface area contributed by atoms with Gasteiger partial charge >= 0.3 is 0 Å². The lowest BCUT2D eigenvalue weighted by Crippen LogP contribution is -2.24. The minimum Gasteiger partial charge on any atom is -0.461 e. The van der Waals surface area contributed by atoms with Gasteiger partial charge in [0.25, 0.3) is 0 Å². The molecule has 0 radical (unpaired) electrons. The van der Waals surface area contributed by atoms with E-state index < -0.39 is 0 Å². The Hall–Kier alpha value is -1.79. The van der Waals surface area contributed by atoms with E-state index >= 15 is 0 Å². The van der Waals surface area contributed by atoms with E-state index in [0.29, 0.717) is 11.8 Å². The summed E-state index contributed by atoms with van der Waals surface area (Å²) in [6, 6.07) is 4.13. The number of halogens is 1. The summed E-state index contributed by atoms with van der Waals surface area (Å²) in [6.45, 7) is 1.39. The van der Waals surface area contributed by atoms with Gasteiger partial charge in [0.2, 0.25) is 0 Å². The maximum Gasteiger partial charge on any atom is 0.157 e. The molecule has 1 fully saturated rings. The van der Waals surface area contributed by atoms with Gasteiger partial charge in [-0.2, -0.15) is 0 Å². The number of ether oxygens (including phenoxy) is 1. The first-order valence-corrected chi connectivity index (χ1v) is 7.64. The van der Waals surface area contributed by atoms with E-state index in [1.165, 1.54) is 6.33 Å². The molecule has 0 bridgehead atoms. The van der Waals surface area contributed by atoms with Crippen LogP contribution in [-0.4, -0.2) is 30.7 Å². The maximum absolute atomic E-state index is 6.17. The Kier molecular flexibility index (Phi) is 4.49. The fourth-order valence-corrected chi connectivity index (χ4v) is 3.12. The summed E-state index contributed by atoms with van der Waals surface area (Å²) in [4.78, 5) is 10.7. The Morgan fingerprint density at radius 3 is 3.09 bits per heavy atom. The number of rotatable bonds is 5. The molecule has 0 aliphatic carbocycles. The van der Waals surface area contributed by atoms with Crippen molar-refractivity contribution < 1.29 is 9.15 Å². The SMILES string of the molecule is CNc1c(Cl)ncnc1N1CCCC1c1ccc(COC)o1. The van der Waals surface area contributed by atoms with Crippen LogP contribution in [0.4, 0.5) is 11.5 Å². The van der Waals surface area contributed by atoms with Crippen LogP contribution in [0.15, 0.2) is 22.9 Å². The molecule has 0 amide bonds. The molecule has 1 saturated heterocycles. The van der Waals surface area contributed by atoms with E-state index in [-0.39, 0.29) is 6.04 Å². The van der Waals surface area contributed by atoms with E-state index in [0.717, 1.165) is 42.4 Å². The Morgan fingerprint density at radius 2 is 2.32 bits per heavy atom. The first-order chi connectivity index (χ1) is 10.7. The molecule has 1 aliphatic rings. The normalized spacial score (nSPS) is 18.0. The van der Waals surface area contributed by atoms with Crippen LogP contribution in [0.3, 0.4) is 0 Å². The molecule has 0 saturated carbocycles. The summed E-state index contributed by atoms with van der Waals surface area (Å²) in [5, 5.41) is 3.52. The monoisotopic (exact) mass is 322 g/mol. The Balaban J connectivity index is 1.91. The fourth-order valence-electron chi connectivity index (χ4n) is 2.90. The molecule has 1 N–H and O–H groups in total. The topological polar surface area (TPSA) is 63.4 Å². The number of hydrogen-bond acceptors (Lipinski definition) is 6. The maximum atomic E-state index is 6.17. The summed E-state index contributed by atoms with van der Waals surface area (Å²) in [7, 11) is 3.48. The highest BCUT2D eigenvalue weighted by molar-refractivity contribution is 6.32. The molecular formula is C15H19ClN4O2. The van der Waals surface area contributed by atoms with Gasteiger partial charge in [-0.3, -0.25) is 0 Å². The van der Waals surface area contributed by atoms with Crippen molar-refractivity contribution in [3.05, 3.63) is 35.1 Å². The number of furan rings is 1. The highest BCUT2D eigenvalue weighted by Crippen LogP contribution is 2.40. The first kappa shape index (κ1) is 15.1. The molecule has 2 aromatic heterocycles. The van der Waals surface area contributed by atoms with Gasteiger partial charge in [-0.1, -0.05) is 11.6 Å². The highest BCUT2D eigenvalue weighted by atomic mass is 35.5. The van der Waals surface area contributed by atoms with Crippen LogP contribution in [0, 0.1) is 0 Å². The lowest BCUT2D eigenvalue weighted by atomic mass is 10.1. The van der Waals surface area contributed by atoms with E-state index in [2.05, 4.69) is 20.2 Å². The molecule has 7 heteroatoms. The largest absolute Gasteiger partial charge is 0.461 e. The minimum absolute atomic E-state index is 0.156. The quantitative estimate of drug-likeness (QED) is 0.852. The third-order valence-corrected chi connectivity index (χ3v) is 4.14. The van der Waals surface area contributed by atoms with Crippen molar-refractivity contribution in [3.8, 4) is 0 Å². The van der Waals surface area contributed by atoms with E-state index in [9.17, 15) is 0 Å². The molecule has 1 unspecified atom stereocenters. The smallest absolute Gasteiger partial charge is 0.157 e. The zero-order chi connectivity index (χ0) is 15.5. The van der Waals surface area contributed by atoms with Crippen LogP contribution in [0.25, 0.3) is 0 Å². The van der Waals surface area contributed by atoms with Crippen molar-refractivity contribution in [1.82, 2.24) is 9.97 Å². The van der Waals surface area contributed by atoms with Gasteiger partial charge < -0.3 is 19.4 Å². The van der Waals surface area contributed by atoms with Crippen molar-refractivity contribution in [2.24, 2.45) is 0 Å². The highest BCUT2D eigenvalue weighted by Gasteiger charge is 2.31. The van der Waals surface area contributed by atoms with Gasteiger partial charge in [-0.15, -0.1) is 0 Å².